The van der Waals surface area contributed by atoms with Gasteiger partial charge in [0.05, 0.1) is 10.8 Å². The SMILES string of the molecule is Cc1cc(C(=O)N2CCC3(CCCN(C(C)C)C3=O)C2)nc2[nH][nH]c(=O)c12. The third-order valence-electron chi connectivity index (χ3n) is 5.99. The number of aromatic nitrogens is 3. The molecule has 2 aromatic heterocycles. The van der Waals surface area contributed by atoms with Crippen molar-refractivity contribution in [2.75, 3.05) is 19.6 Å². The second-order valence-corrected chi connectivity index (χ2v) is 8.08. The monoisotopic (exact) mass is 371 g/mol. The van der Waals surface area contributed by atoms with Crippen molar-refractivity contribution in [2.45, 2.75) is 46.1 Å². The first-order valence-electron chi connectivity index (χ1n) is 9.51. The molecule has 0 radical (unpaired) electrons. The Balaban J connectivity index is 1.59. The molecule has 144 valence electrons. The van der Waals surface area contributed by atoms with Crippen LogP contribution in [0.2, 0.25) is 0 Å². The van der Waals surface area contributed by atoms with Crippen molar-refractivity contribution in [2.24, 2.45) is 5.41 Å². The highest BCUT2D eigenvalue weighted by atomic mass is 16.2. The van der Waals surface area contributed by atoms with Crippen LogP contribution in [0.1, 0.15) is 49.2 Å². The van der Waals surface area contributed by atoms with Gasteiger partial charge in [0.25, 0.3) is 11.5 Å². The molecule has 2 saturated heterocycles. The van der Waals surface area contributed by atoms with Crippen molar-refractivity contribution in [3.8, 4) is 0 Å². The smallest absolute Gasteiger partial charge is 0.273 e. The molecule has 1 unspecified atom stereocenters. The number of rotatable bonds is 2. The Hall–Kier alpha value is -2.64. The highest BCUT2D eigenvalue weighted by Crippen LogP contribution is 2.41. The minimum atomic E-state index is -0.459. The number of hydrogen-bond acceptors (Lipinski definition) is 4. The van der Waals surface area contributed by atoms with Crippen molar-refractivity contribution in [3.63, 3.8) is 0 Å². The van der Waals surface area contributed by atoms with Crippen LogP contribution in [0, 0.1) is 12.3 Å². The Morgan fingerprint density at radius 1 is 1.22 bits per heavy atom. The molecule has 2 amide bonds. The third kappa shape index (κ3) is 2.74. The van der Waals surface area contributed by atoms with E-state index in [0.717, 1.165) is 19.4 Å². The second-order valence-electron chi connectivity index (χ2n) is 8.08. The number of likely N-dealkylation sites (tertiary alicyclic amines) is 2. The number of aromatic amines is 2. The maximum absolute atomic E-state index is 13.1. The fourth-order valence-corrected chi connectivity index (χ4v) is 4.52. The number of fused-ring (bicyclic) bond motifs is 1. The molecule has 0 aromatic carbocycles. The van der Waals surface area contributed by atoms with Crippen LogP contribution in [0.15, 0.2) is 10.9 Å². The molecule has 2 aromatic rings. The summed E-state index contributed by atoms with van der Waals surface area (Å²) in [5.41, 5.74) is 0.697. The summed E-state index contributed by atoms with van der Waals surface area (Å²) in [4.78, 5) is 45.9. The largest absolute Gasteiger partial charge is 0.340 e. The zero-order valence-electron chi connectivity index (χ0n) is 16.0. The molecule has 0 saturated carbocycles. The number of hydrogen-bond donors (Lipinski definition) is 2. The third-order valence-corrected chi connectivity index (χ3v) is 5.99. The molecule has 2 aliphatic rings. The fraction of sp³-hybridized carbons (Fsp3) is 0.579. The second kappa shape index (κ2) is 6.21. The average molecular weight is 371 g/mol. The van der Waals surface area contributed by atoms with E-state index < -0.39 is 5.41 Å². The molecule has 4 heterocycles. The highest BCUT2D eigenvalue weighted by Gasteiger charge is 2.50. The van der Waals surface area contributed by atoms with E-state index in [1.54, 1.807) is 17.9 Å². The standard InChI is InChI=1S/C19H25N5O3/c1-11(2)24-7-4-5-19(18(24)27)6-8-23(10-19)17(26)13-9-12(3)14-15(20-13)21-22-16(14)25/h9,11H,4-8,10H2,1-3H3,(H2,20,21,22,25). The van der Waals surface area contributed by atoms with Crippen LogP contribution in [0.25, 0.3) is 11.0 Å². The molecule has 4 rings (SSSR count). The van der Waals surface area contributed by atoms with Crippen LogP contribution in [0.4, 0.5) is 0 Å². The molecule has 2 fully saturated rings. The van der Waals surface area contributed by atoms with Crippen LogP contribution >= 0.6 is 0 Å². The lowest BCUT2D eigenvalue weighted by molar-refractivity contribution is -0.147. The number of amides is 2. The van der Waals surface area contributed by atoms with Crippen LogP contribution in [-0.2, 0) is 4.79 Å². The van der Waals surface area contributed by atoms with Crippen LogP contribution in [0.5, 0.6) is 0 Å². The molecular weight excluding hydrogens is 346 g/mol. The molecule has 2 aliphatic heterocycles. The van der Waals surface area contributed by atoms with Gasteiger partial charge >= 0.3 is 0 Å². The number of nitrogens with one attached hydrogen (secondary N) is 2. The maximum atomic E-state index is 13.1. The van der Waals surface area contributed by atoms with Crippen LogP contribution < -0.4 is 5.56 Å². The van der Waals surface area contributed by atoms with E-state index in [-0.39, 0.29) is 23.4 Å². The van der Waals surface area contributed by atoms with Gasteiger partial charge in [-0.15, -0.1) is 0 Å². The summed E-state index contributed by atoms with van der Waals surface area (Å²) in [7, 11) is 0. The van der Waals surface area contributed by atoms with Crippen molar-refractivity contribution in [1.29, 1.82) is 0 Å². The Bertz CT molecular complexity index is 975. The number of pyridine rings is 1. The molecule has 27 heavy (non-hydrogen) atoms. The number of nitrogens with zero attached hydrogens (tertiary/aromatic N) is 3. The van der Waals surface area contributed by atoms with Gasteiger partial charge in [0.1, 0.15) is 5.69 Å². The van der Waals surface area contributed by atoms with Crippen LogP contribution in [0.3, 0.4) is 0 Å². The lowest BCUT2D eigenvalue weighted by Crippen LogP contribution is -2.52. The first-order chi connectivity index (χ1) is 12.8. The van der Waals surface area contributed by atoms with Gasteiger partial charge in [-0.1, -0.05) is 0 Å². The zero-order valence-corrected chi connectivity index (χ0v) is 16.0. The molecule has 1 spiro atoms. The predicted molar refractivity (Wildman–Crippen MR) is 100 cm³/mol. The summed E-state index contributed by atoms with van der Waals surface area (Å²) < 4.78 is 0. The quantitative estimate of drug-likeness (QED) is 0.833. The van der Waals surface area contributed by atoms with Gasteiger partial charge in [0.15, 0.2) is 5.65 Å². The number of H-pyrrole nitrogens is 2. The zero-order chi connectivity index (χ0) is 19.3. The van der Waals surface area contributed by atoms with Gasteiger partial charge < -0.3 is 9.80 Å². The van der Waals surface area contributed by atoms with Gasteiger partial charge in [-0.2, -0.15) is 0 Å². The van der Waals surface area contributed by atoms with Crippen molar-refractivity contribution >= 4 is 22.8 Å². The fourth-order valence-electron chi connectivity index (χ4n) is 4.52. The number of carbonyl (C=O) groups is 2. The highest BCUT2D eigenvalue weighted by molar-refractivity contribution is 5.96. The first-order valence-corrected chi connectivity index (χ1v) is 9.51. The lowest BCUT2D eigenvalue weighted by Gasteiger charge is -2.41. The normalized spacial score (nSPS) is 23.2. The first kappa shape index (κ1) is 17.8. The summed E-state index contributed by atoms with van der Waals surface area (Å²) in [6.07, 6.45) is 2.50. The van der Waals surface area contributed by atoms with Crippen molar-refractivity contribution < 1.29 is 9.59 Å². The minimum Gasteiger partial charge on any atom is -0.340 e. The summed E-state index contributed by atoms with van der Waals surface area (Å²) in [5, 5.41) is 5.69. The topological polar surface area (TPSA) is 102 Å². The van der Waals surface area contributed by atoms with E-state index in [9.17, 15) is 14.4 Å². The maximum Gasteiger partial charge on any atom is 0.273 e. The van der Waals surface area contributed by atoms with Crippen molar-refractivity contribution in [3.05, 3.63) is 27.7 Å². The molecule has 2 N–H and O–H groups in total. The predicted octanol–water partition coefficient (Wildman–Crippen LogP) is 1.42. The average Bonchev–Trinajstić information content (AvgIpc) is 3.22. The van der Waals surface area contributed by atoms with E-state index in [4.69, 9.17) is 0 Å². The van der Waals surface area contributed by atoms with Crippen molar-refractivity contribution in [1.82, 2.24) is 25.0 Å². The summed E-state index contributed by atoms with van der Waals surface area (Å²) in [5.74, 6) is -0.0120. The Kier molecular flexibility index (Phi) is 4.09. The lowest BCUT2D eigenvalue weighted by atomic mass is 9.78. The molecule has 0 aliphatic carbocycles. The summed E-state index contributed by atoms with van der Waals surface area (Å²) in [6, 6.07) is 1.83. The van der Waals surface area contributed by atoms with E-state index in [2.05, 4.69) is 15.2 Å². The Morgan fingerprint density at radius 3 is 2.74 bits per heavy atom. The Labute approximate surface area is 156 Å². The van der Waals surface area contributed by atoms with E-state index in [1.165, 1.54) is 0 Å². The molecule has 8 nitrogen and oxygen atoms in total. The van der Waals surface area contributed by atoms with Gasteiger partial charge in [-0.25, -0.2) is 4.98 Å². The molecule has 8 heteroatoms. The number of piperidine rings is 1. The van der Waals surface area contributed by atoms with Gasteiger partial charge in [0.2, 0.25) is 5.91 Å². The van der Waals surface area contributed by atoms with E-state index in [1.807, 2.05) is 18.7 Å². The van der Waals surface area contributed by atoms with Crippen LogP contribution in [-0.4, -0.2) is 62.5 Å². The molecule has 0 bridgehead atoms. The molecule has 1 atom stereocenters. The molecular formula is C19H25N5O3. The van der Waals surface area contributed by atoms with Gasteiger partial charge in [0, 0.05) is 25.7 Å². The number of carbonyl (C=O) groups excluding carboxylic acids is 2. The van der Waals surface area contributed by atoms with E-state index in [0.29, 0.717) is 41.8 Å². The minimum absolute atomic E-state index is 0.175. The van der Waals surface area contributed by atoms with E-state index >= 15 is 0 Å². The summed E-state index contributed by atoms with van der Waals surface area (Å²) >= 11 is 0. The van der Waals surface area contributed by atoms with Gasteiger partial charge in [-0.3, -0.25) is 24.6 Å². The van der Waals surface area contributed by atoms with Gasteiger partial charge in [-0.05, 0) is 51.7 Å². The Morgan fingerprint density at radius 2 is 2.00 bits per heavy atom. The number of aryl methyl sites for hydroxylation is 1. The summed E-state index contributed by atoms with van der Waals surface area (Å²) in [6.45, 7) is 7.66.